The van der Waals surface area contributed by atoms with Crippen molar-refractivity contribution in [3.05, 3.63) is 29.3 Å². The monoisotopic (exact) mass is 235 g/mol. The van der Waals surface area contributed by atoms with E-state index in [4.69, 9.17) is 4.74 Å². The van der Waals surface area contributed by atoms with Crippen molar-refractivity contribution < 1.29 is 9.53 Å². The van der Waals surface area contributed by atoms with E-state index in [0.29, 0.717) is 0 Å². The summed E-state index contributed by atoms with van der Waals surface area (Å²) in [6.45, 7) is 8.12. The molecule has 0 heterocycles. The number of aryl methyl sites for hydroxylation is 2. The zero-order valence-electron chi connectivity index (χ0n) is 11.2. The fourth-order valence-corrected chi connectivity index (χ4v) is 1.64. The number of carbonyl (C=O) groups excluding carboxylic acids is 1. The Bertz CT molecular complexity index is 399. The van der Waals surface area contributed by atoms with Gasteiger partial charge < -0.3 is 10.1 Å². The summed E-state index contributed by atoms with van der Waals surface area (Å²) in [5, 5.41) is 3.22. The number of hydrogen-bond acceptors (Lipinski definition) is 3. The zero-order chi connectivity index (χ0) is 13.0. The molecule has 3 nitrogen and oxygen atoms in total. The standard InChI is InChI=1S/C14H21NO2/c1-9(2)13(14(16)17-5)15-12-7-6-10(3)11(4)8-12/h6-9,13,15H,1-5H3. The first-order chi connectivity index (χ1) is 7.95. The summed E-state index contributed by atoms with van der Waals surface area (Å²) in [4.78, 5) is 11.6. The van der Waals surface area contributed by atoms with Crippen molar-refractivity contribution in [1.29, 1.82) is 0 Å². The molecule has 17 heavy (non-hydrogen) atoms. The quantitative estimate of drug-likeness (QED) is 0.815. The molecule has 0 amide bonds. The van der Waals surface area contributed by atoms with Gasteiger partial charge in [-0.3, -0.25) is 0 Å². The highest BCUT2D eigenvalue weighted by molar-refractivity contribution is 5.79. The van der Waals surface area contributed by atoms with Crippen LogP contribution in [0.15, 0.2) is 18.2 Å². The van der Waals surface area contributed by atoms with Crippen LogP contribution in [0.3, 0.4) is 0 Å². The van der Waals surface area contributed by atoms with Gasteiger partial charge in [0.05, 0.1) is 7.11 Å². The maximum atomic E-state index is 11.6. The third-order valence-electron chi connectivity index (χ3n) is 2.95. The van der Waals surface area contributed by atoms with Crippen molar-refractivity contribution >= 4 is 11.7 Å². The molecule has 0 radical (unpaired) electrons. The lowest BCUT2D eigenvalue weighted by molar-refractivity contribution is -0.142. The molecule has 1 rings (SSSR count). The van der Waals surface area contributed by atoms with Crippen LogP contribution in [0.5, 0.6) is 0 Å². The average molecular weight is 235 g/mol. The van der Waals surface area contributed by atoms with Crippen molar-refractivity contribution in [1.82, 2.24) is 0 Å². The predicted molar refractivity (Wildman–Crippen MR) is 70.2 cm³/mol. The first-order valence-corrected chi connectivity index (χ1v) is 5.87. The molecule has 94 valence electrons. The number of benzene rings is 1. The molecule has 1 N–H and O–H groups in total. The van der Waals surface area contributed by atoms with Crippen molar-refractivity contribution in [2.75, 3.05) is 12.4 Å². The first-order valence-electron chi connectivity index (χ1n) is 5.87. The summed E-state index contributed by atoms with van der Waals surface area (Å²) in [6, 6.07) is 5.78. The lowest BCUT2D eigenvalue weighted by Gasteiger charge is -2.21. The van der Waals surface area contributed by atoms with E-state index in [2.05, 4.69) is 19.2 Å². The number of anilines is 1. The summed E-state index contributed by atoms with van der Waals surface area (Å²) in [6.07, 6.45) is 0. The molecule has 0 aliphatic heterocycles. The van der Waals surface area contributed by atoms with Gasteiger partial charge in [-0.1, -0.05) is 19.9 Å². The first kappa shape index (κ1) is 13.6. The molecule has 1 aromatic carbocycles. The molecule has 1 unspecified atom stereocenters. The molecule has 0 saturated carbocycles. The van der Waals surface area contributed by atoms with Gasteiger partial charge in [-0.2, -0.15) is 0 Å². The minimum atomic E-state index is -0.304. The molecule has 0 aliphatic carbocycles. The Morgan fingerprint density at radius 2 is 1.88 bits per heavy atom. The molecule has 1 atom stereocenters. The topological polar surface area (TPSA) is 38.3 Å². The van der Waals surface area contributed by atoms with Crippen LogP contribution in [0.2, 0.25) is 0 Å². The van der Waals surface area contributed by atoms with Crippen LogP contribution >= 0.6 is 0 Å². The number of hydrogen-bond donors (Lipinski definition) is 1. The van der Waals surface area contributed by atoms with Crippen LogP contribution in [0, 0.1) is 19.8 Å². The lowest BCUT2D eigenvalue weighted by atomic mass is 10.0. The summed E-state index contributed by atoms with van der Waals surface area (Å²) in [7, 11) is 1.42. The number of rotatable bonds is 4. The van der Waals surface area contributed by atoms with Crippen molar-refractivity contribution in [3.8, 4) is 0 Å². The Hall–Kier alpha value is -1.51. The highest BCUT2D eigenvalue weighted by Crippen LogP contribution is 2.17. The molecule has 0 aromatic heterocycles. The van der Waals surface area contributed by atoms with Crippen LogP contribution in [-0.2, 0) is 9.53 Å². The summed E-state index contributed by atoms with van der Waals surface area (Å²) in [5.74, 6) is -0.0395. The van der Waals surface area contributed by atoms with Crippen LogP contribution in [0.25, 0.3) is 0 Å². The fraction of sp³-hybridized carbons (Fsp3) is 0.500. The van der Waals surface area contributed by atoms with Crippen LogP contribution in [0.1, 0.15) is 25.0 Å². The van der Waals surface area contributed by atoms with Crippen LogP contribution < -0.4 is 5.32 Å². The highest BCUT2D eigenvalue weighted by atomic mass is 16.5. The summed E-state index contributed by atoms with van der Waals surface area (Å²) >= 11 is 0. The van der Waals surface area contributed by atoms with E-state index in [1.165, 1.54) is 18.2 Å². The Morgan fingerprint density at radius 3 is 2.35 bits per heavy atom. The second-order valence-electron chi connectivity index (χ2n) is 4.69. The molecule has 0 saturated heterocycles. The van der Waals surface area contributed by atoms with Gasteiger partial charge in [0.15, 0.2) is 0 Å². The maximum Gasteiger partial charge on any atom is 0.328 e. The van der Waals surface area contributed by atoms with E-state index < -0.39 is 0 Å². The van der Waals surface area contributed by atoms with Gasteiger partial charge in [0, 0.05) is 5.69 Å². The largest absolute Gasteiger partial charge is 0.467 e. The third-order valence-corrected chi connectivity index (χ3v) is 2.95. The SMILES string of the molecule is COC(=O)C(Nc1ccc(C)c(C)c1)C(C)C. The molecule has 0 spiro atoms. The number of carbonyl (C=O) groups is 1. The minimum absolute atomic E-state index is 0.184. The minimum Gasteiger partial charge on any atom is -0.467 e. The smallest absolute Gasteiger partial charge is 0.328 e. The van der Waals surface area contributed by atoms with Crippen molar-refractivity contribution in [2.45, 2.75) is 33.7 Å². The van der Waals surface area contributed by atoms with E-state index in [1.807, 2.05) is 32.0 Å². The molecule has 3 heteroatoms. The fourth-order valence-electron chi connectivity index (χ4n) is 1.64. The Labute approximate surface area is 103 Å². The van der Waals surface area contributed by atoms with Gasteiger partial charge in [0.2, 0.25) is 0 Å². The van der Waals surface area contributed by atoms with Gasteiger partial charge in [-0.15, -0.1) is 0 Å². The Balaban J connectivity index is 2.86. The van der Waals surface area contributed by atoms with Gasteiger partial charge >= 0.3 is 5.97 Å². The predicted octanol–water partition coefficient (Wildman–Crippen LogP) is 2.91. The normalized spacial score (nSPS) is 12.4. The third kappa shape index (κ3) is 3.48. The molecular weight excluding hydrogens is 214 g/mol. The number of esters is 1. The van der Waals surface area contributed by atoms with Gasteiger partial charge in [0.25, 0.3) is 0 Å². The lowest BCUT2D eigenvalue weighted by Crippen LogP contribution is -2.35. The summed E-state index contributed by atoms with van der Waals surface area (Å²) in [5.41, 5.74) is 3.41. The second-order valence-corrected chi connectivity index (χ2v) is 4.69. The van der Waals surface area contributed by atoms with E-state index in [0.717, 1.165) is 5.69 Å². The molecule has 1 aromatic rings. The van der Waals surface area contributed by atoms with E-state index in [1.54, 1.807) is 0 Å². The van der Waals surface area contributed by atoms with Crippen LogP contribution in [0.4, 0.5) is 5.69 Å². The van der Waals surface area contributed by atoms with E-state index in [9.17, 15) is 4.79 Å². The number of nitrogens with one attached hydrogen (secondary N) is 1. The van der Waals surface area contributed by atoms with Gasteiger partial charge in [-0.05, 0) is 43.0 Å². The molecule has 0 fully saturated rings. The Morgan fingerprint density at radius 1 is 1.24 bits per heavy atom. The molecule has 0 aliphatic rings. The van der Waals surface area contributed by atoms with E-state index >= 15 is 0 Å². The second kappa shape index (κ2) is 5.71. The summed E-state index contributed by atoms with van der Waals surface area (Å²) < 4.78 is 4.80. The van der Waals surface area contributed by atoms with Crippen molar-refractivity contribution in [3.63, 3.8) is 0 Å². The average Bonchev–Trinajstić information content (AvgIpc) is 2.29. The zero-order valence-corrected chi connectivity index (χ0v) is 11.2. The molecule has 0 bridgehead atoms. The van der Waals surface area contributed by atoms with Gasteiger partial charge in [0.1, 0.15) is 6.04 Å². The number of ether oxygens (including phenoxy) is 1. The highest BCUT2D eigenvalue weighted by Gasteiger charge is 2.22. The van der Waals surface area contributed by atoms with E-state index in [-0.39, 0.29) is 17.9 Å². The van der Waals surface area contributed by atoms with Crippen LogP contribution in [-0.4, -0.2) is 19.1 Å². The van der Waals surface area contributed by atoms with Crippen molar-refractivity contribution in [2.24, 2.45) is 5.92 Å². The maximum absolute atomic E-state index is 11.6. The van der Waals surface area contributed by atoms with Gasteiger partial charge in [-0.25, -0.2) is 4.79 Å². The Kier molecular flexibility index (Phi) is 4.55. The number of methoxy groups -OCH3 is 1. The molecular formula is C14H21NO2.